The van der Waals surface area contributed by atoms with Crippen molar-refractivity contribution in [1.82, 2.24) is 4.90 Å². The summed E-state index contributed by atoms with van der Waals surface area (Å²) in [5.74, 6) is 0.538. The number of amides is 1. The average molecular weight is 200 g/mol. The van der Waals surface area contributed by atoms with Crippen molar-refractivity contribution in [3.63, 3.8) is 0 Å². The van der Waals surface area contributed by atoms with Gasteiger partial charge in [-0.15, -0.1) is 0 Å². The summed E-state index contributed by atoms with van der Waals surface area (Å²) in [5.41, 5.74) is 0. The Hall–Kier alpha value is -0.510. The minimum atomic E-state index is 0.0113. The van der Waals surface area contributed by atoms with Crippen LogP contribution in [0.5, 0.6) is 0 Å². The maximum atomic E-state index is 10.9. The van der Waals surface area contributed by atoms with Gasteiger partial charge in [0.1, 0.15) is 0 Å². The molecule has 0 saturated heterocycles. The van der Waals surface area contributed by atoms with Crippen LogP contribution >= 0.6 is 11.8 Å². The Morgan fingerprint density at radius 3 is 2.38 bits per heavy atom. The van der Waals surface area contributed by atoms with Crippen molar-refractivity contribution in [3.8, 4) is 0 Å². The molecule has 3 nitrogen and oxygen atoms in total. The normalized spacial score (nSPS) is 16.2. The fourth-order valence-electron chi connectivity index (χ4n) is 1.30. The molecule has 1 aliphatic rings. The van der Waals surface area contributed by atoms with Crippen LogP contribution in [0.1, 0.15) is 26.7 Å². The predicted molar refractivity (Wildman–Crippen MR) is 57.1 cm³/mol. The average Bonchev–Trinajstić information content (AvgIpc) is 2.51. The lowest BCUT2D eigenvalue weighted by molar-refractivity contribution is -0.115. The van der Waals surface area contributed by atoms with Crippen molar-refractivity contribution in [3.05, 3.63) is 0 Å². The highest BCUT2D eigenvalue weighted by Gasteiger charge is 2.19. The number of aliphatic imine (C=N–C) groups is 1. The molecule has 0 radical (unpaired) electrons. The Bertz CT molecular complexity index is 210. The first-order valence-electron chi connectivity index (χ1n) is 4.77. The van der Waals surface area contributed by atoms with Crippen LogP contribution in [0.25, 0.3) is 0 Å². The standard InChI is InChI=1S/C9H16N2OS/c1-3-5-11(6-4-2)9-10-8(12)7-13-9/h3-7H2,1-2H3. The Morgan fingerprint density at radius 2 is 2.00 bits per heavy atom. The van der Waals surface area contributed by atoms with Crippen molar-refractivity contribution in [2.75, 3.05) is 18.8 Å². The first kappa shape index (κ1) is 10.6. The fourth-order valence-corrected chi connectivity index (χ4v) is 2.15. The smallest absolute Gasteiger partial charge is 0.258 e. The molecule has 0 aliphatic carbocycles. The second kappa shape index (κ2) is 5.27. The van der Waals surface area contributed by atoms with E-state index in [-0.39, 0.29) is 5.91 Å². The molecule has 0 bridgehead atoms. The first-order valence-corrected chi connectivity index (χ1v) is 5.75. The van der Waals surface area contributed by atoms with Gasteiger partial charge in [-0.2, -0.15) is 4.99 Å². The number of carbonyl (C=O) groups excluding carboxylic acids is 1. The molecule has 0 aromatic rings. The molecule has 1 heterocycles. The van der Waals surface area contributed by atoms with Gasteiger partial charge in [-0.1, -0.05) is 25.6 Å². The van der Waals surface area contributed by atoms with E-state index >= 15 is 0 Å². The van der Waals surface area contributed by atoms with Gasteiger partial charge in [0.25, 0.3) is 5.91 Å². The summed E-state index contributed by atoms with van der Waals surface area (Å²) in [6.07, 6.45) is 2.21. The van der Waals surface area contributed by atoms with Crippen LogP contribution in [0, 0.1) is 0 Å². The van der Waals surface area contributed by atoms with Crippen LogP contribution in [0.4, 0.5) is 0 Å². The van der Waals surface area contributed by atoms with Gasteiger partial charge in [0.05, 0.1) is 5.75 Å². The minimum Gasteiger partial charge on any atom is -0.351 e. The fraction of sp³-hybridized carbons (Fsp3) is 0.778. The summed E-state index contributed by atoms with van der Waals surface area (Å²) in [6.45, 7) is 6.30. The molecule has 0 atom stereocenters. The van der Waals surface area contributed by atoms with E-state index in [0.29, 0.717) is 5.75 Å². The van der Waals surface area contributed by atoms with Gasteiger partial charge in [0.15, 0.2) is 5.17 Å². The summed E-state index contributed by atoms with van der Waals surface area (Å²) >= 11 is 1.56. The van der Waals surface area contributed by atoms with E-state index in [4.69, 9.17) is 0 Å². The van der Waals surface area contributed by atoms with E-state index in [1.54, 1.807) is 11.8 Å². The van der Waals surface area contributed by atoms with Gasteiger partial charge in [-0.05, 0) is 12.8 Å². The molecule has 4 heteroatoms. The van der Waals surface area contributed by atoms with Crippen molar-refractivity contribution >= 4 is 22.8 Å². The molecule has 0 aromatic carbocycles. The van der Waals surface area contributed by atoms with E-state index in [1.807, 2.05) is 0 Å². The number of hydrogen-bond acceptors (Lipinski definition) is 3. The summed E-state index contributed by atoms with van der Waals surface area (Å²) in [6, 6.07) is 0. The molecule has 0 spiro atoms. The topological polar surface area (TPSA) is 32.7 Å². The molecule has 13 heavy (non-hydrogen) atoms. The molecule has 0 aromatic heterocycles. The zero-order chi connectivity index (χ0) is 9.68. The quantitative estimate of drug-likeness (QED) is 0.693. The Balaban J connectivity index is 2.53. The van der Waals surface area contributed by atoms with Gasteiger partial charge in [-0.3, -0.25) is 4.79 Å². The van der Waals surface area contributed by atoms with Gasteiger partial charge >= 0.3 is 0 Å². The third-order valence-electron chi connectivity index (χ3n) is 1.80. The molecule has 1 amide bonds. The minimum absolute atomic E-state index is 0.0113. The van der Waals surface area contributed by atoms with Gasteiger partial charge in [0.2, 0.25) is 0 Å². The zero-order valence-corrected chi connectivity index (χ0v) is 9.06. The molecule has 1 rings (SSSR count). The number of amidine groups is 1. The molecule has 0 unspecified atom stereocenters. The lowest BCUT2D eigenvalue weighted by Crippen LogP contribution is -2.29. The van der Waals surface area contributed by atoms with Crippen LogP contribution in [-0.4, -0.2) is 34.8 Å². The summed E-state index contributed by atoms with van der Waals surface area (Å²) < 4.78 is 0. The van der Waals surface area contributed by atoms with Crippen LogP contribution in [-0.2, 0) is 4.79 Å². The summed E-state index contributed by atoms with van der Waals surface area (Å²) in [7, 11) is 0. The van der Waals surface area contributed by atoms with Crippen molar-refractivity contribution in [2.45, 2.75) is 26.7 Å². The van der Waals surface area contributed by atoms with Gasteiger partial charge in [0, 0.05) is 13.1 Å². The second-order valence-corrected chi connectivity index (χ2v) is 4.01. The number of hydrogen-bond donors (Lipinski definition) is 0. The third-order valence-corrected chi connectivity index (χ3v) is 2.80. The summed E-state index contributed by atoms with van der Waals surface area (Å²) in [5, 5.41) is 0.925. The molecular formula is C9H16N2OS. The van der Waals surface area contributed by atoms with Crippen molar-refractivity contribution < 1.29 is 4.79 Å². The first-order chi connectivity index (χ1) is 6.27. The summed E-state index contributed by atoms with van der Waals surface area (Å²) in [4.78, 5) is 17.1. The van der Waals surface area contributed by atoms with Crippen LogP contribution < -0.4 is 0 Å². The maximum Gasteiger partial charge on any atom is 0.258 e. The van der Waals surface area contributed by atoms with Gasteiger partial charge < -0.3 is 4.90 Å². The van der Waals surface area contributed by atoms with E-state index in [9.17, 15) is 4.79 Å². The van der Waals surface area contributed by atoms with E-state index in [0.717, 1.165) is 31.1 Å². The monoisotopic (exact) mass is 200 g/mol. The molecular weight excluding hydrogens is 184 g/mol. The molecule has 1 aliphatic heterocycles. The van der Waals surface area contributed by atoms with Gasteiger partial charge in [-0.25, -0.2) is 0 Å². The molecule has 0 N–H and O–H groups in total. The molecule has 0 saturated carbocycles. The van der Waals surface area contributed by atoms with Crippen LogP contribution in [0.3, 0.4) is 0 Å². The van der Waals surface area contributed by atoms with E-state index < -0.39 is 0 Å². The van der Waals surface area contributed by atoms with E-state index in [2.05, 4.69) is 23.7 Å². The highest BCUT2D eigenvalue weighted by Crippen LogP contribution is 2.17. The highest BCUT2D eigenvalue weighted by molar-refractivity contribution is 8.14. The second-order valence-electron chi connectivity index (χ2n) is 3.06. The van der Waals surface area contributed by atoms with Crippen molar-refractivity contribution in [2.24, 2.45) is 4.99 Å². The highest BCUT2D eigenvalue weighted by atomic mass is 32.2. The Labute approximate surface area is 83.6 Å². The van der Waals surface area contributed by atoms with Crippen LogP contribution in [0.2, 0.25) is 0 Å². The SMILES string of the molecule is CCCN(CCC)C1=NC(=O)CS1. The number of carbonyl (C=O) groups is 1. The number of nitrogens with zero attached hydrogens (tertiary/aromatic N) is 2. The van der Waals surface area contributed by atoms with E-state index in [1.165, 1.54) is 0 Å². The number of thioether (sulfide) groups is 1. The Morgan fingerprint density at radius 1 is 1.38 bits per heavy atom. The predicted octanol–water partition coefficient (Wildman–Crippen LogP) is 1.74. The number of rotatable bonds is 4. The van der Waals surface area contributed by atoms with Crippen LogP contribution in [0.15, 0.2) is 4.99 Å². The largest absolute Gasteiger partial charge is 0.351 e. The lowest BCUT2D eigenvalue weighted by Gasteiger charge is -2.21. The zero-order valence-electron chi connectivity index (χ0n) is 8.25. The molecule has 0 fully saturated rings. The molecule has 74 valence electrons. The van der Waals surface area contributed by atoms with Crippen molar-refractivity contribution in [1.29, 1.82) is 0 Å². The third kappa shape index (κ3) is 3.03. The Kier molecular flexibility index (Phi) is 4.28. The maximum absolute atomic E-state index is 10.9. The lowest BCUT2D eigenvalue weighted by atomic mass is 10.4.